The third-order valence-corrected chi connectivity index (χ3v) is 0. The van der Waals surface area contributed by atoms with E-state index < -0.39 is 0 Å². The first-order valence-electron chi connectivity index (χ1n) is 0. The van der Waals surface area contributed by atoms with Crippen LogP contribution >= 0.6 is 0 Å². The molecule has 0 aromatic carbocycles. The fourth-order valence-corrected chi connectivity index (χ4v) is 0. The molecule has 0 aromatic heterocycles. The third-order valence-electron chi connectivity index (χ3n) is 0. The molecule has 0 aliphatic heterocycles. The van der Waals surface area contributed by atoms with Gasteiger partial charge in [-0.15, -0.1) is 0 Å². The molecule has 0 aromatic rings. The van der Waals surface area contributed by atoms with Crippen LogP contribution in [-0.4, -0.2) is 68.8 Å². The quantitative estimate of drug-likeness (QED) is 0.381. The van der Waals surface area contributed by atoms with Gasteiger partial charge in [0.05, 0.1) is 0 Å². The van der Waals surface area contributed by atoms with Crippen molar-refractivity contribution in [2.24, 2.45) is 0 Å². The van der Waals surface area contributed by atoms with Crippen LogP contribution in [0.4, 0.5) is 0 Å². The van der Waals surface area contributed by atoms with Gasteiger partial charge in [-0.3, -0.25) is 0 Å². The van der Waals surface area contributed by atoms with Gasteiger partial charge in [-0.2, -0.15) is 0 Å². The summed E-state index contributed by atoms with van der Waals surface area (Å²) in [6.07, 6.45) is 0. The van der Waals surface area contributed by atoms with Crippen molar-refractivity contribution in [3.63, 3.8) is 0 Å². The second kappa shape index (κ2) is 57.5. The number of hydrogen-bond acceptors (Lipinski definition) is 1. The molecular formula is H3AlFeNaO2Si-. The SMILES string of the molecule is O.[Al].[Fe].[Na].[OH-].[Si]. The van der Waals surface area contributed by atoms with E-state index in [9.17, 15) is 0 Å². The summed E-state index contributed by atoms with van der Waals surface area (Å²) in [6, 6.07) is 0. The molecule has 6 heavy (non-hydrogen) atoms. The second-order valence-corrected chi connectivity index (χ2v) is 0. The molecule has 8 radical (unpaired) electrons. The molecule has 2 nitrogen and oxygen atoms in total. The molecule has 6 heteroatoms. The molecule has 3 N–H and O–H groups in total. The molecular weight excluding hydrogens is 166 g/mol. The smallest absolute Gasteiger partial charge is 0 e. The summed E-state index contributed by atoms with van der Waals surface area (Å²) in [5, 5.41) is 0. The molecule has 0 amide bonds. The first-order chi connectivity index (χ1) is 0. The van der Waals surface area contributed by atoms with Gasteiger partial charge in [-0.05, 0) is 0 Å². The molecule has 0 aliphatic rings. The molecule has 0 atom stereocenters. The average molecular weight is 169 g/mol. The van der Waals surface area contributed by atoms with Gasteiger partial charge >= 0.3 is 0 Å². The Bertz CT molecular complexity index is 13.5. The van der Waals surface area contributed by atoms with E-state index in [0.29, 0.717) is 0 Å². The minimum absolute atomic E-state index is 0. The molecule has 0 rings (SSSR count). The first-order valence-corrected chi connectivity index (χ1v) is 0. The second-order valence-electron chi connectivity index (χ2n) is 0. The summed E-state index contributed by atoms with van der Waals surface area (Å²) < 4.78 is 0. The van der Waals surface area contributed by atoms with E-state index in [1.165, 1.54) is 0 Å². The third kappa shape index (κ3) is 34.8. The Balaban J connectivity index is 0. The molecule has 0 aliphatic carbocycles. The van der Waals surface area contributed by atoms with E-state index in [1.807, 2.05) is 0 Å². The van der Waals surface area contributed by atoms with Gasteiger partial charge in [0.25, 0.3) is 0 Å². The topological polar surface area (TPSA) is 61.5 Å². The zero-order chi connectivity index (χ0) is 0. The first kappa shape index (κ1) is 88.3. The number of rotatable bonds is 0. The van der Waals surface area contributed by atoms with Crippen LogP contribution in [0.3, 0.4) is 0 Å². The van der Waals surface area contributed by atoms with E-state index in [0.717, 1.165) is 0 Å². The van der Waals surface area contributed by atoms with E-state index >= 15 is 0 Å². The molecule has 0 unspecified atom stereocenters. The monoisotopic (exact) mass is 169 g/mol. The van der Waals surface area contributed by atoms with E-state index in [2.05, 4.69) is 0 Å². The van der Waals surface area contributed by atoms with Crippen molar-refractivity contribution >= 4 is 57.9 Å². The van der Waals surface area contributed by atoms with Crippen molar-refractivity contribution in [2.75, 3.05) is 0 Å². The van der Waals surface area contributed by atoms with Gasteiger partial charge in [0.15, 0.2) is 0 Å². The normalized spacial score (nSPS) is 0. The molecule has 0 fully saturated rings. The fourth-order valence-electron chi connectivity index (χ4n) is 0. The average Bonchev–Trinajstić information content (AvgIpc) is 0. The Morgan fingerprint density at radius 3 is 1.00 bits per heavy atom. The summed E-state index contributed by atoms with van der Waals surface area (Å²) in [4.78, 5) is 0. The van der Waals surface area contributed by atoms with Gasteiger partial charge in [-0.25, -0.2) is 0 Å². The van der Waals surface area contributed by atoms with Crippen LogP contribution in [0.2, 0.25) is 0 Å². The summed E-state index contributed by atoms with van der Waals surface area (Å²) in [5.41, 5.74) is 0. The van der Waals surface area contributed by atoms with Crippen LogP contribution in [0.15, 0.2) is 0 Å². The van der Waals surface area contributed by atoms with Gasteiger partial charge in [0.2, 0.25) is 0 Å². The van der Waals surface area contributed by atoms with Crippen molar-refractivity contribution in [3.8, 4) is 0 Å². The van der Waals surface area contributed by atoms with Crippen LogP contribution in [0, 0.1) is 0 Å². The maximum Gasteiger partial charge on any atom is 0 e. The van der Waals surface area contributed by atoms with Gasteiger partial charge in [0.1, 0.15) is 0 Å². The van der Waals surface area contributed by atoms with Crippen LogP contribution < -0.4 is 0 Å². The van der Waals surface area contributed by atoms with E-state index in [-0.39, 0.29) is 85.9 Å². The number of hydrogen-bond donors (Lipinski definition) is 0. The maximum absolute atomic E-state index is 0. The van der Waals surface area contributed by atoms with Crippen LogP contribution in [0.5, 0.6) is 0 Å². The summed E-state index contributed by atoms with van der Waals surface area (Å²) in [6.45, 7) is 0. The summed E-state index contributed by atoms with van der Waals surface area (Å²) in [7, 11) is 0. The van der Waals surface area contributed by atoms with Crippen LogP contribution in [-0.2, 0) is 17.1 Å². The van der Waals surface area contributed by atoms with Crippen molar-refractivity contribution in [3.05, 3.63) is 0 Å². The Morgan fingerprint density at radius 1 is 1.00 bits per heavy atom. The van der Waals surface area contributed by atoms with Crippen LogP contribution in [0.1, 0.15) is 0 Å². The fraction of sp³-hybridized carbons (Fsp3) is 0. The van der Waals surface area contributed by atoms with Gasteiger partial charge in [0, 0.05) is 75.0 Å². The molecule has 0 spiro atoms. The van der Waals surface area contributed by atoms with E-state index in [1.54, 1.807) is 0 Å². The van der Waals surface area contributed by atoms with Gasteiger partial charge in [-0.1, -0.05) is 0 Å². The van der Waals surface area contributed by atoms with Crippen molar-refractivity contribution in [1.82, 2.24) is 0 Å². The van der Waals surface area contributed by atoms with E-state index in [4.69, 9.17) is 0 Å². The van der Waals surface area contributed by atoms with Gasteiger partial charge < -0.3 is 11.0 Å². The minimum Gasteiger partial charge on any atom is -0.870 e. The van der Waals surface area contributed by atoms with Crippen LogP contribution in [0.25, 0.3) is 0 Å². The molecule has 0 saturated carbocycles. The van der Waals surface area contributed by atoms with Crippen molar-refractivity contribution in [1.29, 1.82) is 0 Å². The Morgan fingerprint density at radius 2 is 1.00 bits per heavy atom. The summed E-state index contributed by atoms with van der Waals surface area (Å²) in [5.74, 6) is 0. The minimum atomic E-state index is 0. The predicted octanol–water partition coefficient (Wildman–Crippen LogP) is -2.15. The summed E-state index contributed by atoms with van der Waals surface area (Å²) >= 11 is 0. The zero-order valence-corrected chi connectivity index (χ0v) is 8.64. The zero-order valence-electron chi connectivity index (χ0n) is 3.38. The van der Waals surface area contributed by atoms with Crippen molar-refractivity contribution in [2.45, 2.75) is 0 Å². The molecule has 0 saturated heterocycles. The molecule has 32 valence electrons. The molecule has 0 heterocycles. The molecule has 0 bridgehead atoms. The largest absolute Gasteiger partial charge is 0.870 e. The Labute approximate surface area is 85.0 Å². The predicted molar refractivity (Wildman–Crippen MR) is 22.8 cm³/mol. The maximum atomic E-state index is 0. The Kier molecular flexibility index (Phi) is 846. The Hall–Kier alpha value is 2.19. The van der Waals surface area contributed by atoms with Crippen molar-refractivity contribution < 1.29 is 28.0 Å². The standard InChI is InChI=1S/Al.Fe.Na.2H2O.Si/h;;;2*1H2;/p-1.